The van der Waals surface area contributed by atoms with E-state index in [9.17, 15) is 0 Å². The van der Waals surface area contributed by atoms with Gasteiger partial charge >= 0.3 is 0 Å². The van der Waals surface area contributed by atoms with Gasteiger partial charge in [0.25, 0.3) is 0 Å². The summed E-state index contributed by atoms with van der Waals surface area (Å²) in [6, 6.07) is 5.04. The molecule has 70 valence electrons. The van der Waals surface area contributed by atoms with Gasteiger partial charge in [-0.1, -0.05) is 23.2 Å². The van der Waals surface area contributed by atoms with E-state index in [1.165, 1.54) is 0 Å². The van der Waals surface area contributed by atoms with Gasteiger partial charge in [-0.05, 0) is 30.4 Å². The molecule has 1 aromatic carbocycles. The molecule has 3 nitrogen and oxygen atoms in total. The van der Waals surface area contributed by atoms with Gasteiger partial charge in [0.05, 0.1) is 10.7 Å². The van der Waals surface area contributed by atoms with E-state index in [4.69, 9.17) is 28.9 Å². The summed E-state index contributed by atoms with van der Waals surface area (Å²) in [5, 5.41) is 1.22. The van der Waals surface area contributed by atoms with Crippen molar-refractivity contribution >= 4 is 46.2 Å². The van der Waals surface area contributed by atoms with E-state index in [1.54, 1.807) is 18.2 Å². The van der Waals surface area contributed by atoms with Crippen molar-refractivity contribution in [1.82, 2.24) is 5.43 Å². The fraction of sp³-hybridized carbons (Fsp3) is 0. The lowest BCUT2D eigenvalue weighted by molar-refractivity contribution is 1.13. The first kappa shape index (κ1) is 10.4. The Hall–Kier alpha value is -0.710. The van der Waals surface area contributed by atoms with Crippen LogP contribution in [0.4, 0.5) is 5.69 Å². The number of anilines is 1. The Kier molecular flexibility index (Phi) is 3.59. The smallest absolute Gasteiger partial charge is 0.182 e. The van der Waals surface area contributed by atoms with Gasteiger partial charge in [0.2, 0.25) is 0 Å². The molecular formula is C7H7Cl2N3S. The third-order valence-electron chi connectivity index (χ3n) is 1.25. The summed E-state index contributed by atoms with van der Waals surface area (Å²) in [5.41, 5.74) is 11.2. The second-order valence-corrected chi connectivity index (χ2v) is 3.52. The van der Waals surface area contributed by atoms with Crippen LogP contribution in [0.3, 0.4) is 0 Å². The summed E-state index contributed by atoms with van der Waals surface area (Å²) in [6.07, 6.45) is 0. The first-order valence-corrected chi connectivity index (χ1v) is 4.52. The summed E-state index contributed by atoms with van der Waals surface area (Å²) in [6.45, 7) is 0. The molecule has 0 atom stereocenters. The number of nitrogens with two attached hydrogens (primary N) is 1. The highest BCUT2D eigenvalue weighted by atomic mass is 35.5. The van der Waals surface area contributed by atoms with Crippen LogP contribution in [0.2, 0.25) is 10.0 Å². The Morgan fingerprint density at radius 1 is 1.38 bits per heavy atom. The molecule has 0 saturated heterocycles. The number of hydrogen-bond donors (Lipinski definition) is 3. The second kappa shape index (κ2) is 4.50. The maximum atomic E-state index is 5.84. The van der Waals surface area contributed by atoms with Gasteiger partial charge in [-0.15, -0.1) is 0 Å². The first-order chi connectivity index (χ1) is 6.09. The maximum Gasteiger partial charge on any atom is 0.182 e. The van der Waals surface area contributed by atoms with Gasteiger partial charge in [0, 0.05) is 5.02 Å². The highest BCUT2D eigenvalue weighted by Crippen LogP contribution is 2.24. The molecule has 0 amide bonds. The van der Waals surface area contributed by atoms with Gasteiger partial charge in [-0.3, -0.25) is 10.9 Å². The zero-order valence-electron chi connectivity index (χ0n) is 6.47. The van der Waals surface area contributed by atoms with E-state index in [0.29, 0.717) is 15.7 Å². The fourth-order valence-corrected chi connectivity index (χ4v) is 1.23. The number of thiocarbonyl (C=S) groups is 1. The molecule has 0 saturated carbocycles. The van der Waals surface area contributed by atoms with E-state index in [0.717, 1.165) is 0 Å². The topological polar surface area (TPSA) is 50.1 Å². The molecule has 1 rings (SSSR count). The van der Waals surface area contributed by atoms with E-state index in [-0.39, 0.29) is 5.11 Å². The van der Waals surface area contributed by atoms with E-state index in [1.807, 2.05) is 0 Å². The Bertz CT molecular complexity index is 330. The minimum absolute atomic E-state index is 0.144. The predicted octanol–water partition coefficient (Wildman–Crippen LogP) is 2.15. The molecular weight excluding hydrogens is 229 g/mol. The zero-order valence-corrected chi connectivity index (χ0v) is 8.80. The third-order valence-corrected chi connectivity index (χ3v) is 1.90. The van der Waals surface area contributed by atoms with Gasteiger partial charge in [-0.2, -0.15) is 0 Å². The number of hydrogen-bond acceptors (Lipinski definition) is 2. The molecule has 0 aliphatic carbocycles. The Balaban J connectivity index is 2.72. The minimum Gasteiger partial charge on any atom is -0.375 e. The summed E-state index contributed by atoms with van der Waals surface area (Å²) in [5.74, 6) is 0. The molecule has 0 aliphatic rings. The molecule has 0 fully saturated rings. The Morgan fingerprint density at radius 3 is 2.62 bits per heavy atom. The van der Waals surface area contributed by atoms with Gasteiger partial charge in [0.1, 0.15) is 0 Å². The van der Waals surface area contributed by atoms with Crippen LogP contribution in [-0.4, -0.2) is 5.11 Å². The second-order valence-electron chi connectivity index (χ2n) is 2.24. The highest BCUT2D eigenvalue weighted by Gasteiger charge is 1.99. The molecule has 0 unspecified atom stereocenters. The molecule has 0 bridgehead atoms. The van der Waals surface area contributed by atoms with Crippen molar-refractivity contribution in [2.75, 3.05) is 5.43 Å². The molecule has 0 spiro atoms. The van der Waals surface area contributed by atoms with Crippen LogP contribution in [-0.2, 0) is 0 Å². The molecule has 6 heteroatoms. The normalized spacial score (nSPS) is 9.38. The predicted molar refractivity (Wildman–Crippen MR) is 60.0 cm³/mol. The number of nitrogens with one attached hydrogen (secondary N) is 2. The molecule has 0 radical (unpaired) electrons. The lowest BCUT2D eigenvalue weighted by atomic mass is 10.3. The van der Waals surface area contributed by atoms with E-state index >= 15 is 0 Å². The van der Waals surface area contributed by atoms with Crippen LogP contribution in [0, 0.1) is 0 Å². The van der Waals surface area contributed by atoms with Crippen molar-refractivity contribution in [2.45, 2.75) is 0 Å². The van der Waals surface area contributed by atoms with Crippen molar-refractivity contribution in [3.8, 4) is 0 Å². The average molecular weight is 236 g/mol. The van der Waals surface area contributed by atoms with Gasteiger partial charge in [0.15, 0.2) is 5.11 Å². The zero-order chi connectivity index (χ0) is 9.84. The Labute approximate surface area is 91.2 Å². The third kappa shape index (κ3) is 3.26. The molecule has 13 heavy (non-hydrogen) atoms. The molecule has 0 aliphatic heterocycles. The van der Waals surface area contributed by atoms with Crippen molar-refractivity contribution < 1.29 is 0 Å². The van der Waals surface area contributed by atoms with E-state index < -0.39 is 0 Å². The molecule has 0 aromatic heterocycles. The summed E-state index contributed by atoms with van der Waals surface area (Å²) >= 11 is 16.1. The number of rotatable bonds is 2. The number of benzene rings is 1. The first-order valence-electron chi connectivity index (χ1n) is 3.36. The molecule has 0 heterocycles. The van der Waals surface area contributed by atoms with Crippen molar-refractivity contribution in [2.24, 2.45) is 5.73 Å². The number of halogens is 2. The monoisotopic (exact) mass is 235 g/mol. The SMILES string of the molecule is NC(=S)NNc1ccc(Cl)cc1Cl. The minimum atomic E-state index is 0.144. The Morgan fingerprint density at radius 2 is 2.08 bits per heavy atom. The van der Waals surface area contributed by atoms with Crippen molar-refractivity contribution in [3.63, 3.8) is 0 Å². The van der Waals surface area contributed by atoms with Crippen molar-refractivity contribution in [3.05, 3.63) is 28.2 Å². The van der Waals surface area contributed by atoms with Crippen LogP contribution >= 0.6 is 35.4 Å². The highest BCUT2D eigenvalue weighted by molar-refractivity contribution is 7.80. The summed E-state index contributed by atoms with van der Waals surface area (Å²) in [4.78, 5) is 0. The standard InChI is InChI=1S/C7H7Cl2N3S/c8-4-1-2-6(5(9)3-4)11-12-7(10)13/h1-3,11H,(H3,10,12,13). The number of hydrazine groups is 1. The maximum absolute atomic E-state index is 5.84. The van der Waals surface area contributed by atoms with Crippen LogP contribution in [0.15, 0.2) is 18.2 Å². The fourth-order valence-electron chi connectivity index (χ4n) is 0.720. The lowest BCUT2D eigenvalue weighted by Gasteiger charge is -2.08. The lowest BCUT2D eigenvalue weighted by Crippen LogP contribution is -2.33. The quantitative estimate of drug-likeness (QED) is 0.544. The van der Waals surface area contributed by atoms with Crippen LogP contribution in [0.1, 0.15) is 0 Å². The van der Waals surface area contributed by atoms with Gasteiger partial charge in [-0.25, -0.2) is 0 Å². The largest absolute Gasteiger partial charge is 0.375 e. The molecule has 4 N–H and O–H groups in total. The summed E-state index contributed by atoms with van der Waals surface area (Å²) in [7, 11) is 0. The molecule has 1 aromatic rings. The van der Waals surface area contributed by atoms with Crippen LogP contribution in [0.5, 0.6) is 0 Å². The van der Waals surface area contributed by atoms with Crippen LogP contribution in [0.25, 0.3) is 0 Å². The van der Waals surface area contributed by atoms with Crippen LogP contribution < -0.4 is 16.6 Å². The van der Waals surface area contributed by atoms with E-state index in [2.05, 4.69) is 23.1 Å². The van der Waals surface area contributed by atoms with Gasteiger partial charge < -0.3 is 5.73 Å². The summed E-state index contributed by atoms with van der Waals surface area (Å²) < 4.78 is 0. The average Bonchev–Trinajstić information content (AvgIpc) is 2.02. The van der Waals surface area contributed by atoms with Crippen molar-refractivity contribution in [1.29, 1.82) is 0 Å².